The summed E-state index contributed by atoms with van der Waals surface area (Å²) in [6.45, 7) is 5.00. The van der Waals surface area contributed by atoms with Crippen molar-refractivity contribution >= 4 is 10.8 Å². The summed E-state index contributed by atoms with van der Waals surface area (Å²) in [4.78, 5) is 0. The monoisotopic (exact) mass is 452 g/mol. The van der Waals surface area contributed by atoms with E-state index in [1.165, 1.54) is 80.5 Å². The van der Waals surface area contributed by atoms with Crippen molar-refractivity contribution in [3.63, 3.8) is 0 Å². The molecule has 0 saturated heterocycles. The number of unbranched alkanes of at least 4 members (excludes halogenated alkanes) is 4. The van der Waals surface area contributed by atoms with Gasteiger partial charge >= 0.3 is 0 Å². The van der Waals surface area contributed by atoms with Crippen LogP contribution in [0.2, 0.25) is 0 Å². The zero-order valence-electron chi connectivity index (χ0n) is 21.1. The van der Waals surface area contributed by atoms with E-state index in [1.54, 1.807) is 0 Å². The minimum atomic E-state index is 0.689. The molecule has 3 aromatic rings. The SMILES string of the molecule is CCCCCCC[C@H]1CC[C@H](c2ccc(C#Cc3ccc4cc(OCC)ccc4c3)cc2)CC1. The maximum absolute atomic E-state index is 5.61. The van der Waals surface area contributed by atoms with Gasteiger partial charge in [0.05, 0.1) is 6.61 Å². The molecule has 0 radical (unpaired) electrons. The first-order chi connectivity index (χ1) is 16.7. The normalized spacial score (nSPS) is 17.8. The third-order valence-corrected chi connectivity index (χ3v) is 7.42. The summed E-state index contributed by atoms with van der Waals surface area (Å²) in [7, 11) is 0. The highest BCUT2D eigenvalue weighted by Gasteiger charge is 2.21. The molecule has 1 heteroatoms. The molecule has 1 aliphatic rings. The Kier molecular flexibility index (Phi) is 9.09. The molecule has 0 atom stereocenters. The summed E-state index contributed by atoms with van der Waals surface area (Å²) in [5.74, 6) is 9.33. The van der Waals surface area contributed by atoms with Crippen LogP contribution in [0.4, 0.5) is 0 Å². The van der Waals surface area contributed by atoms with Crippen LogP contribution in [-0.4, -0.2) is 6.61 Å². The van der Waals surface area contributed by atoms with E-state index >= 15 is 0 Å². The molecule has 0 bridgehead atoms. The van der Waals surface area contributed by atoms with Crippen LogP contribution >= 0.6 is 0 Å². The maximum atomic E-state index is 5.61. The van der Waals surface area contributed by atoms with Gasteiger partial charge in [-0.25, -0.2) is 0 Å². The van der Waals surface area contributed by atoms with Crippen molar-refractivity contribution in [2.24, 2.45) is 5.92 Å². The topological polar surface area (TPSA) is 9.23 Å². The largest absolute Gasteiger partial charge is 0.494 e. The van der Waals surface area contributed by atoms with E-state index < -0.39 is 0 Å². The van der Waals surface area contributed by atoms with Gasteiger partial charge in [-0.1, -0.05) is 81.6 Å². The van der Waals surface area contributed by atoms with Gasteiger partial charge in [0, 0.05) is 11.1 Å². The van der Waals surface area contributed by atoms with E-state index in [9.17, 15) is 0 Å². The first-order valence-corrected chi connectivity index (χ1v) is 13.5. The minimum absolute atomic E-state index is 0.689. The second-order valence-corrected chi connectivity index (χ2v) is 9.95. The van der Waals surface area contributed by atoms with Gasteiger partial charge in [0.1, 0.15) is 5.75 Å². The van der Waals surface area contributed by atoms with Crippen molar-refractivity contribution in [3.8, 4) is 17.6 Å². The molecular formula is C33H40O. The summed E-state index contributed by atoms with van der Waals surface area (Å²) in [6.07, 6.45) is 14.0. The van der Waals surface area contributed by atoms with E-state index in [2.05, 4.69) is 73.4 Å². The summed E-state index contributed by atoms with van der Waals surface area (Å²) in [5, 5.41) is 2.38. The molecular weight excluding hydrogens is 412 g/mol. The summed E-state index contributed by atoms with van der Waals surface area (Å²) >= 11 is 0. The fourth-order valence-corrected chi connectivity index (χ4v) is 5.36. The lowest BCUT2D eigenvalue weighted by atomic mass is 9.77. The Morgan fingerprint density at radius 1 is 0.706 bits per heavy atom. The lowest BCUT2D eigenvalue weighted by Gasteiger charge is -2.29. The first-order valence-electron chi connectivity index (χ1n) is 13.5. The molecule has 0 unspecified atom stereocenters. The van der Waals surface area contributed by atoms with Crippen LogP contribution in [0.3, 0.4) is 0 Å². The zero-order chi connectivity index (χ0) is 23.6. The average Bonchev–Trinajstić information content (AvgIpc) is 2.88. The van der Waals surface area contributed by atoms with Gasteiger partial charge < -0.3 is 4.74 Å². The van der Waals surface area contributed by atoms with Crippen molar-refractivity contribution in [3.05, 3.63) is 77.4 Å². The molecule has 0 N–H and O–H groups in total. The molecule has 34 heavy (non-hydrogen) atoms. The quantitative estimate of drug-likeness (QED) is 0.232. The summed E-state index contributed by atoms with van der Waals surface area (Å²) in [6, 6.07) is 21.7. The molecule has 1 nitrogen and oxygen atoms in total. The van der Waals surface area contributed by atoms with Crippen LogP contribution in [0.5, 0.6) is 5.75 Å². The van der Waals surface area contributed by atoms with Gasteiger partial charge in [-0.15, -0.1) is 0 Å². The fraction of sp³-hybridized carbons (Fsp3) is 0.455. The van der Waals surface area contributed by atoms with Gasteiger partial charge in [-0.2, -0.15) is 0 Å². The zero-order valence-corrected chi connectivity index (χ0v) is 21.1. The second kappa shape index (κ2) is 12.7. The molecule has 0 heterocycles. The third-order valence-electron chi connectivity index (χ3n) is 7.42. The van der Waals surface area contributed by atoms with E-state index in [-0.39, 0.29) is 0 Å². The fourth-order valence-electron chi connectivity index (χ4n) is 5.36. The van der Waals surface area contributed by atoms with Gasteiger partial charge in [0.2, 0.25) is 0 Å². The molecule has 0 aliphatic heterocycles. The molecule has 0 spiro atoms. The molecule has 4 rings (SSSR count). The summed E-state index contributed by atoms with van der Waals surface area (Å²) in [5.41, 5.74) is 3.65. The van der Waals surface area contributed by atoms with Crippen LogP contribution in [0, 0.1) is 17.8 Å². The van der Waals surface area contributed by atoms with E-state index in [1.807, 2.05) is 13.0 Å². The summed E-state index contributed by atoms with van der Waals surface area (Å²) < 4.78 is 5.61. The molecule has 0 aromatic heterocycles. The Labute approximate surface area is 206 Å². The predicted molar refractivity (Wildman–Crippen MR) is 146 cm³/mol. The number of hydrogen-bond donors (Lipinski definition) is 0. The Bertz CT molecular complexity index is 1090. The van der Waals surface area contributed by atoms with Crippen molar-refractivity contribution in [2.45, 2.75) is 84.0 Å². The smallest absolute Gasteiger partial charge is 0.119 e. The molecule has 0 amide bonds. The highest BCUT2D eigenvalue weighted by atomic mass is 16.5. The first kappa shape index (κ1) is 24.4. The highest BCUT2D eigenvalue weighted by molar-refractivity contribution is 5.85. The van der Waals surface area contributed by atoms with Crippen molar-refractivity contribution < 1.29 is 4.74 Å². The number of hydrogen-bond acceptors (Lipinski definition) is 1. The predicted octanol–water partition coefficient (Wildman–Crippen LogP) is 9.27. The van der Waals surface area contributed by atoms with Crippen LogP contribution in [0.25, 0.3) is 10.8 Å². The Morgan fingerprint density at radius 2 is 1.38 bits per heavy atom. The standard InChI is InChI=1S/C33H40O/c1-3-5-6-7-8-9-26-12-17-29(18-13-26)30-19-14-27(15-20-30)10-11-28-16-21-32-25-33(34-4-2)23-22-31(32)24-28/h14-16,19-26,29H,3-9,12-13,17-18H2,1-2H3/t26-,29-. The van der Waals surface area contributed by atoms with Crippen LogP contribution in [0.1, 0.15) is 101 Å². The van der Waals surface area contributed by atoms with Gasteiger partial charge in [-0.3, -0.25) is 0 Å². The van der Waals surface area contributed by atoms with E-state index in [0.717, 1.165) is 28.7 Å². The molecule has 3 aromatic carbocycles. The highest BCUT2D eigenvalue weighted by Crippen LogP contribution is 2.37. The van der Waals surface area contributed by atoms with Crippen LogP contribution in [0.15, 0.2) is 60.7 Å². The van der Waals surface area contributed by atoms with Crippen molar-refractivity contribution in [2.75, 3.05) is 6.61 Å². The van der Waals surface area contributed by atoms with Crippen molar-refractivity contribution in [1.82, 2.24) is 0 Å². The molecule has 1 fully saturated rings. The van der Waals surface area contributed by atoms with Gasteiger partial charge in [0.25, 0.3) is 0 Å². The Morgan fingerprint density at radius 3 is 2.15 bits per heavy atom. The molecule has 1 saturated carbocycles. The van der Waals surface area contributed by atoms with Crippen LogP contribution < -0.4 is 4.74 Å². The van der Waals surface area contributed by atoms with Crippen molar-refractivity contribution in [1.29, 1.82) is 0 Å². The minimum Gasteiger partial charge on any atom is -0.494 e. The number of fused-ring (bicyclic) bond motifs is 1. The Hall–Kier alpha value is -2.72. The third kappa shape index (κ3) is 6.89. The number of ether oxygens (including phenoxy) is 1. The van der Waals surface area contributed by atoms with E-state index in [0.29, 0.717) is 6.61 Å². The second-order valence-electron chi connectivity index (χ2n) is 9.95. The lowest BCUT2D eigenvalue weighted by Crippen LogP contribution is -2.13. The Balaban J connectivity index is 1.30. The average molecular weight is 453 g/mol. The van der Waals surface area contributed by atoms with Gasteiger partial charge in [-0.05, 0) is 97.2 Å². The molecule has 1 aliphatic carbocycles. The lowest BCUT2D eigenvalue weighted by molar-refractivity contribution is 0.302. The van der Waals surface area contributed by atoms with Gasteiger partial charge in [0.15, 0.2) is 0 Å². The maximum Gasteiger partial charge on any atom is 0.119 e. The van der Waals surface area contributed by atoms with E-state index in [4.69, 9.17) is 4.74 Å². The number of rotatable bonds is 9. The van der Waals surface area contributed by atoms with Crippen LogP contribution in [-0.2, 0) is 0 Å². The molecule has 178 valence electrons. The number of benzene rings is 3.